The van der Waals surface area contributed by atoms with E-state index in [2.05, 4.69) is 16.4 Å². The smallest absolute Gasteiger partial charge is 0.170 e. The second-order valence-electron chi connectivity index (χ2n) is 3.56. The first-order chi connectivity index (χ1) is 8.77. The predicted molar refractivity (Wildman–Crippen MR) is 70.8 cm³/mol. The normalized spacial score (nSPS) is 10.9. The molecule has 0 aliphatic carbocycles. The van der Waals surface area contributed by atoms with Crippen LogP contribution in [0.25, 0.3) is 0 Å². The summed E-state index contributed by atoms with van der Waals surface area (Å²) in [5, 5.41) is 14.6. The molecule has 4 N–H and O–H groups in total. The van der Waals surface area contributed by atoms with E-state index in [0.717, 1.165) is 18.8 Å². The topological polar surface area (TPSA) is 79.9 Å². The van der Waals surface area contributed by atoms with E-state index in [0.29, 0.717) is 18.6 Å². The molecule has 0 amide bonds. The Morgan fingerprint density at radius 1 is 1.39 bits per heavy atom. The van der Waals surface area contributed by atoms with Crippen LogP contribution in [0.4, 0.5) is 0 Å². The van der Waals surface area contributed by atoms with Gasteiger partial charge in [0.1, 0.15) is 12.4 Å². The summed E-state index contributed by atoms with van der Waals surface area (Å²) in [7, 11) is 0. The minimum atomic E-state index is 0.0810. The van der Waals surface area contributed by atoms with Gasteiger partial charge in [0.25, 0.3) is 0 Å². The lowest BCUT2D eigenvalue weighted by Gasteiger charge is -2.07. The van der Waals surface area contributed by atoms with Crippen LogP contribution >= 0.6 is 0 Å². The maximum atomic E-state index is 8.51. The number of hydrogen-bond donors (Lipinski definition) is 3. The Bertz CT molecular complexity index is 421. The highest BCUT2D eigenvalue weighted by atomic mass is 16.5. The highest BCUT2D eigenvalue weighted by Gasteiger charge is 1.99. The molecule has 1 rings (SSSR count). The van der Waals surface area contributed by atoms with Gasteiger partial charge in [-0.3, -0.25) is 0 Å². The lowest BCUT2D eigenvalue weighted by atomic mass is 10.2. The lowest BCUT2D eigenvalue weighted by molar-refractivity contribution is 0.314. The Kier molecular flexibility index (Phi) is 6.15. The summed E-state index contributed by atoms with van der Waals surface area (Å²) in [6.45, 7) is 2.10. The average Bonchev–Trinajstić information content (AvgIpc) is 2.42. The van der Waals surface area contributed by atoms with E-state index in [9.17, 15) is 0 Å². The van der Waals surface area contributed by atoms with Crippen molar-refractivity contribution in [1.29, 1.82) is 0 Å². The van der Waals surface area contributed by atoms with Crippen molar-refractivity contribution in [3.63, 3.8) is 0 Å². The van der Waals surface area contributed by atoms with Crippen LogP contribution in [0.5, 0.6) is 5.75 Å². The summed E-state index contributed by atoms with van der Waals surface area (Å²) in [6.07, 6.45) is 5.84. The van der Waals surface area contributed by atoms with Crippen LogP contribution < -0.4 is 15.8 Å². The molecule has 0 radical (unpaired) electrons. The fourth-order valence-electron chi connectivity index (χ4n) is 1.31. The highest BCUT2D eigenvalue weighted by molar-refractivity contribution is 5.97. The van der Waals surface area contributed by atoms with Crippen molar-refractivity contribution in [2.45, 2.75) is 6.42 Å². The van der Waals surface area contributed by atoms with Gasteiger partial charge < -0.3 is 21.0 Å². The van der Waals surface area contributed by atoms with Gasteiger partial charge in [-0.15, -0.1) is 12.3 Å². The molecule has 5 nitrogen and oxygen atoms in total. The SMILES string of the molecule is C#CCCNCCOc1ccc(C(N)=NO)cc1. The van der Waals surface area contributed by atoms with E-state index in [-0.39, 0.29) is 5.84 Å². The summed E-state index contributed by atoms with van der Waals surface area (Å²) >= 11 is 0. The number of ether oxygens (including phenoxy) is 1. The number of hydrogen-bond acceptors (Lipinski definition) is 4. The van der Waals surface area contributed by atoms with Gasteiger partial charge in [-0.2, -0.15) is 0 Å². The Labute approximate surface area is 107 Å². The van der Waals surface area contributed by atoms with Crippen molar-refractivity contribution in [2.24, 2.45) is 10.9 Å². The van der Waals surface area contributed by atoms with Gasteiger partial charge in [0, 0.05) is 25.1 Å². The van der Waals surface area contributed by atoms with Gasteiger partial charge >= 0.3 is 0 Å². The first-order valence-corrected chi connectivity index (χ1v) is 5.63. The zero-order valence-electron chi connectivity index (χ0n) is 10.1. The van der Waals surface area contributed by atoms with E-state index in [1.807, 2.05) is 0 Å². The summed E-state index contributed by atoms with van der Waals surface area (Å²) in [6, 6.07) is 7.01. The number of rotatable bonds is 7. The van der Waals surface area contributed by atoms with Crippen molar-refractivity contribution in [3.05, 3.63) is 29.8 Å². The van der Waals surface area contributed by atoms with E-state index < -0.39 is 0 Å². The standard InChI is InChI=1S/C13H17N3O2/c1-2-3-8-15-9-10-18-12-6-4-11(5-7-12)13(14)16-17/h1,4-7,15,17H,3,8-10H2,(H2,14,16). The molecular formula is C13H17N3O2. The van der Waals surface area contributed by atoms with Gasteiger partial charge in [0.2, 0.25) is 0 Å². The largest absolute Gasteiger partial charge is 0.492 e. The van der Waals surface area contributed by atoms with Gasteiger partial charge in [-0.1, -0.05) is 5.16 Å². The fraction of sp³-hybridized carbons (Fsp3) is 0.308. The molecule has 0 aliphatic rings. The third kappa shape index (κ3) is 4.76. The van der Waals surface area contributed by atoms with Crippen LogP contribution in [-0.2, 0) is 0 Å². The lowest BCUT2D eigenvalue weighted by Crippen LogP contribution is -2.21. The third-order valence-electron chi connectivity index (χ3n) is 2.25. The van der Waals surface area contributed by atoms with E-state index >= 15 is 0 Å². The monoisotopic (exact) mass is 247 g/mol. The van der Waals surface area contributed by atoms with Crippen molar-refractivity contribution >= 4 is 5.84 Å². The molecule has 0 fully saturated rings. The molecule has 0 heterocycles. The first-order valence-electron chi connectivity index (χ1n) is 5.63. The molecule has 1 aromatic carbocycles. The quantitative estimate of drug-likeness (QED) is 0.166. The summed E-state index contributed by atoms with van der Waals surface area (Å²) in [5.41, 5.74) is 6.10. The van der Waals surface area contributed by atoms with Crippen molar-refractivity contribution in [3.8, 4) is 18.1 Å². The Morgan fingerprint density at radius 3 is 2.72 bits per heavy atom. The van der Waals surface area contributed by atoms with Crippen LogP contribution in [0.15, 0.2) is 29.4 Å². The molecule has 0 atom stereocenters. The second kappa shape index (κ2) is 7.98. The molecule has 0 saturated carbocycles. The van der Waals surface area contributed by atoms with Gasteiger partial charge in [-0.05, 0) is 24.3 Å². The van der Waals surface area contributed by atoms with Crippen molar-refractivity contribution in [2.75, 3.05) is 19.7 Å². The maximum absolute atomic E-state index is 8.51. The van der Waals surface area contributed by atoms with Crippen LogP contribution in [-0.4, -0.2) is 30.7 Å². The Hall–Kier alpha value is -2.19. The fourth-order valence-corrected chi connectivity index (χ4v) is 1.31. The number of terminal acetylenes is 1. The summed E-state index contributed by atoms with van der Waals surface area (Å²) in [4.78, 5) is 0. The van der Waals surface area contributed by atoms with Crippen LogP contribution in [0.2, 0.25) is 0 Å². The Morgan fingerprint density at radius 2 is 2.11 bits per heavy atom. The molecule has 0 bridgehead atoms. The number of nitrogens with zero attached hydrogens (tertiary/aromatic N) is 1. The van der Waals surface area contributed by atoms with Gasteiger partial charge in [-0.25, -0.2) is 0 Å². The molecule has 0 aromatic heterocycles. The molecule has 1 aromatic rings. The number of benzene rings is 1. The molecule has 18 heavy (non-hydrogen) atoms. The van der Waals surface area contributed by atoms with Crippen LogP contribution in [0.3, 0.4) is 0 Å². The summed E-state index contributed by atoms with van der Waals surface area (Å²) < 4.78 is 5.50. The third-order valence-corrected chi connectivity index (χ3v) is 2.25. The van der Waals surface area contributed by atoms with Crippen LogP contribution in [0, 0.1) is 12.3 Å². The molecular weight excluding hydrogens is 230 g/mol. The predicted octanol–water partition coefficient (Wildman–Crippen LogP) is 0.773. The average molecular weight is 247 g/mol. The molecule has 0 spiro atoms. The molecule has 96 valence electrons. The molecule has 5 heteroatoms. The first kappa shape index (κ1) is 13.9. The van der Waals surface area contributed by atoms with Gasteiger partial charge in [0.15, 0.2) is 5.84 Å². The minimum Gasteiger partial charge on any atom is -0.492 e. The van der Waals surface area contributed by atoms with Crippen molar-refractivity contribution in [1.82, 2.24) is 5.32 Å². The summed E-state index contributed by atoms with van der Waals surface area (Å²) in [5.74, 6) is 3.37. The highest BCUT2D eigenvalue weighted by Crippen LogP contribution is 2.11. The minimum absolute atomic E-state index is 0.0810. The van der Waals surface area contributed by atoms with E-state index in [1.54, 1.807) is 24.3 Å². The number of amidine groups is 1. The second-order valence-corrected chi connectivity index (χ2v) is 3.56. The zero-order valence-corrected chi connectivity index (χ0v) is 10.1. The number of oxime groups is 1. The maximum Gasteiger partial charge on any atom is 0.170 e. The number of nitrogens with one attached hydrogen (secondary N) is 1. The molecule has 0 saturated heterocycles. The van der Waals surface area contributed by atoms with Crippen LogP contribution in [0.1, 0.15) is 12.0 Å². The molecule has 0 unspecified atom stereocenters. The zero-order chi connectivity index (χ0) is 13.2. The van der Waals surface area contributed by atoms with E-state index in [4.69, 9.17) is 22.1 Å². The Balaban J connectivity index is 2.29. The van der Waals surface area contributed by atoms with E-state index in [1.165, 1.54) is 0 Å². The van der Waals surface area contributed by atoms with Crippen molar-refractivity contribution < 1.29 is 9.94 Å². The molecule has 0 aliphatic heterocycles. The number of nitrogens with two attached hydrogens (primary N) is 1. The van der Waals surface area contributed by atoms with Gasteiger partial charge in [0.05, 0.1) is 0 Å².